The van der Waals surface area contributed by atoms with E-state index >= 15 is 0 Å². The molecule has 0 fully saturated rings. The fourth-order valence-corrected chi connectivity index (χ4v) is 1.92. The molecule has 0 aliphatic heterocycles. The second kappa shape index (κ2) is 7.92. The lowest BCUT2D eigenvalue weighted by Crippen LogP contribution is -2.21. The molecule has 118 valence electrons. The molecule has 2 rings (SSSR count). The molecule has 2 aromatic rings. The van der Waals surface area contributed by atoms with Crippen molar-refractivity contribution < 1.29 is 4.79 Å². The number of rotatable bonds is 6. The van der Waals surface area contributed by atoms with Gasteiger partial charge in [-0.1, -0.05) is 0 Å². The number of nitrogens with one attached hydrogen (secondary N) is 2. The first kappa shape index (κ1) is 16.5. The van der Waals surface area contributed by atoms with Gasteiger partial charge in [0.15, 0.2) is 0 Å². The molecule has 6 nitrogen and oxygen atoms in total. The highest BCUT2D eigenvalue weighted by Gasteiger charge is 2.07. The van der Waals surface area contributed by atoms with Crippen molar-refractivity contribution in [3.63, 3.8) is 0 Å². The van der Waals surface area contributed by atoms with E-state index in [0.29, 0.717) is 16.8 Å². The van der Waals surface area contributed by atoms with Crippen molar-refractivity contribution in [1.29, 1.82) is 5.26 Å². The van der Waals surface area contributed by atoms with E-state index in [2.05, 4.69) is 20.5 Å². The number of likely N-dealkylation sites (N-methyl/N-ethyl adjacent to an activating group) is 1. The lowest BCUT2D eigenvalue weighted by Gasteiger charge is -2.12. The summed E-state index contributed by atoms with van der Waals surface area (Å²) in [6.45, 7) is 1.66. The number of pyridine rings is 1. The van der Waals surface area contributed by atoms with Crippen molar-refractivity contribution >= 4 is 17.3 Å². The largest absolute Gasteiger partial charge is 0.382 e. The number of hydrogen-bond acceptors (Lipinski definition) is 5. The maximum absolute atomic E-state index is 12.3. The summed E-state index contributed by atoms with van der Waals surface area (Å²) in [5.41, 5.74) is 2.47. The van der Waals surface area contributed by atoms with Crippen LogP contribution in [0.5, 0.6) is 0 Å². The van der Waals surface area contributed by atoms with Gasteiger partial charge in [-0.15, -0.1) is 0 Å². The monoisotopic (exact) mass is 309 g/mol. The zero-order valence-corrected chi connectivity index (χ0v) is 13.2. The molecule has 0 saturated carbocycles. The van der Waals surface area contributed by atoms with E-state index in [1.807, 2.05) is 20.2 Å². The molecule has 0 radical (unpaired) electrons. The van der Waals surface area contributed by atoms with Crippen LogP contribution in [-0.4, -0.2) is 43.0 Å². The summed E-state index contributed by atoms with van der Waals surface area (Å²) in [5.74, 6) is -0.238. The Morgan fingerprint density at radius 2 is 1.96 bits per heavy atom. The second-order valence-electron chi connectivity index (χ2n) is 5.34. The Kier molecular flexibility index (Phi) is 5.67. The fourth-order valence-electron chi connectivity index (χ4n) is 1.92. The number of carbonyl (C=O) groups excluding carboxylic acids is 1. The third-order valence-corrected chi connectivity index (χ3v) is 3.16. The van der Waals surface area contributed by atoms with Crippen molar-refractivity contribution in [2.45, 2.75) is 0 Å². The van der Waals surface area contributed by atoms with E-state index in [-0.39, 0.29) is 5.91 Å². The first-order valence-corrected chi connectivity index (χ1v) is 7.23. The summed E-state index contributed by atoms with van der Waals surface area (Å²) in [6, 6.07) is 10.5. The Morgan fingerprint density at radius 1 is 1.22 bits per heavy atom. The molecule has 0 bridgehead atoms. The van der Waals surface area contributed by atoms with Gasteiger partial charge in [-0.3, -0.25) is 9.78 Å². The third kappa shape index (κ3) is 5.09. The number of amides is 1. The minimum Gasteiger partial charge on any atom is -0.382 e. The minimum atomic E-state index is -0.238. The molecule has 0 aliphatic carbocycles. The zero-order chi connectivity index (χ0) is 16.7. The van der Waals surface area contributed by atoms with Crippen LogP contribution in [0.4, 0.5) is 11.4 Å². The number of anilines is 2. The quantitative estimate of drug-likeness (QED) is 0.855. The molecular formula is C17H19N5O. The average molecular weight is 309 g/mol. The summed E-state index contributed by atoms with van der Waals surface area (Å²) in [6.07, 6.45) is 3.21. The van der Waals surface area contributed by atoms with Gasteiger partial charge in [0.2, 0.25) is 0 Å². The maximum Gasteiger partial charge on any atom is 0.257 e. The highest BCUT2D eigenvalue weighted by molar-refractivity contribution is 6.04. The van der Waals surface area contributed by atoms with Crippen molar-refractivity contribution in [2.75, 3.05) is 37.8 Å². The van der Waals surface area contributed by atoms with Crippen LogP contribution in [0.1, 0.15) is 15.9 Å². The van der Waals surface area contributed by atoms with Gasteiger partial charge < -0.3 is 15.5 Å². The van der Waals surface area contributed by atoms with Gasteiger partial charge >= 0.3 is 0 Å². The predicted molar refractivity (Wildman–Crippen MR) is 90.4 cm³/mol. The summed E-state index contributed by atoms with van der Waals surface area (Å²) in [4.78, 5) is 18.4. The van der Waals surface area contributed by atoms with Gasteiger partial charge in [-0.05, 0) is 44.4 Å². The molecule has 6 heteroatoms. The molecule has 23 heavy (non-hydrogen) atoms. The first-order chi connectivity index (χ1) is 11.1. The molecule has 2 N–H and O–H groups in total. The number of benzene rings is 1. The topological polar surface area (TPSA) is 81.1 Å². The van der Waals surface area contributed by atoms with Crippen LogP contribution >= 0.6 is 0 Å². The van der Waals surface area contributed by atoms with Gasteiger partial charge in [0.05, 0.1) is 22.9 Å². The standard InChI is InChI=1S/C17H19N5O/c1-22(2)8-7-20-16-9-14(11-19-12-16)17(23)21-15-5-3-13(10-18)4-6-15/h3-6,9,11-12,20H,7-8H2,1-2H3,(H,21,23). The van der Waals surface area contributed by atoms with Crippen LogP contribution < -0.4 is 10.6 Å². The summed E-state index contributed by atoms with van der Waals surface area (Å²) >= 11 is 0. The van der Waals surface area contributed by atoms with E-state index in [1.165, 1.54) is 6.20 Å². The highest BCUT2D eigenvalue weighted by Crippen LogP contribution is 2.13. The number of nitrogens with zero attached hydrogens (tertiary/aromatic N) is 3. The molecule has 1 heterocycles. The number of carbonyl (C=O) groups is 1. The lowest BCUT2D eigenvalue weighted by atomic mass is 10.2. The Hall–Kier alpha value is -2.91. The normalized spacial score (nSPS) is 10.2. The smallest absolute Gasteiger partial charge is 0.257 e. The van der Waals surface area contributed by atoms with Crippen molar-refractivity contribution in [3.8, 4) is 6.07 Å². The van der Waals surface area contributed by atoms with E-state index < -0.39 is 0 Å². The molecule has 0 atom stereocenters. The van der Waals surface area contributed by atoms with E-state index in [9.17, 15) is 4.79 Å². The summed E-state index contributed by atoms with van der Waals surface area (Å²) < 4.78 is 0. The fraction of sp³-hybridized carbons (Fsp3) is 0.235. The number of hydrogen-bond donors (Lipinski definition) is 2. The molecular weight excluding hydrogens is 290 g/mol. The molecule has 0 unspecified atom stereocenters. The van der Waals surface area contributed by atoms with Gasteiger partial charge in [-0.25, -0.2) is 0 Å². The lowest BCUT2D eigenvalue weighted by molar-refractivity contribution is 0.102. The van der Waals surface area contributed by atoms with Crippen molar-refractivity contribution in [3.05, 3.63) is 53.9 Å². The van der Waals surface area contributed by atoms with Crippen LogP contribution in [0, 0.1) is 11.3 Å². The number of nitriles is 1. The van der Waals surface area contributed by atoms with E-state index in [4.69, 9.17) is 5.26 Å². The molecule has 1 aromatic heterocycles. The number of aromatic nitrogens is 1. The van der Waals surface area contributed by atoms with Gasteiger partial charge in [0.25, 0.3) is 5.91 Å². The molecule has 1 amide bonds. The Balaban J connectivity index is 1.99. The van der Waals surface area contributed by atoms with E-state index in [0.717, 1.165) is 18.8 Å². The van der Waals surface area contributed by atoms with Crippen molar-refractivity contribution in [2.24, 2.45) is 0 Å². The molecule has 0 aliphatic rings. The minimum absolute atomic E-state index is 0.238. The van der Waals surface area contributed by atoms with Gasteiger partial charge in [-0.2, -0.15) is 5.26 Å². The summed E-state index contributed by atoms with van der Waals surface area (Å²) in [7, 11) is 4.00. The average Bonchev–Trinajstić information content (AvgIpc) is 2.55. The Labute approximate surface area is 135 Å². The molecule has 1 aromatic carbocycles. The van der Waals surface area contributed by atoms with Crippen LogP contribution in [-0.2, 0) is 0 Å². The Bertz CT molecular complexity index is 704. The zero-order valence-electron chi connectivity index (χ0n) is 13.2. The third-order valence-electron chi connectivity index (χ3n) is 3.16. The van der Waals surface area contributed by atoms with Crippen LogP contribution in [0.15, 0.2) is 42.7 Å². The highest BCUT2D eigenvalue weighted by atomic mass is 16.1. The maximum atomic E-state index is 12.3. The Morgan fingerprint density at radius 3 is 2.61 bits per heavy atom. The van der Waals surface area contributed by atoms with Crippen molar-refractivity contribution in [1.82, 2.24) is 9.88 Å². The predicted octanol–water partition coefficient (Wildman–Crippen LogP) is 2.18. The van der Waals surface area contributed by atoms with Crippen LogP contribution in [0.2, 0.25) is 0 Å². The summed E-state index contributed by atoms with van der Waals surface area (Å²) in [5, 5.41) is 14.8. The van der Waals surface area contributed by atoms with Gasteiger partial charge in [0, 0.05) is 31.2 Å². The van der Waals surface area contributed by atoms with Crippen LogP contribution in [0.3, 0.4) is 0 Å². The van der Waals surface area contributed by atoms with Crippen LogP contribution in [0.25, 0.3) is 0 Å². The second-order valence-corrected chi connectivity index (χ2v) is 5.34. The molecule has 0 spiro atoms. The SMILES string of the molecule is CN(C)CCNc1cncc(C(=O)Nc2ccc(C#N)cc2)c1. The molecule has 0 saturated heterocycles. The first-order valence-electron chi connectivity index (χ1n) is 7.23. The van der Waals surface area contributed by atoms with Gasteiger partial charge in [0.1, 0.15) is 0 Å². The van der Waals surface area contributed by atoms with E-state index in [1.54, 1.807) is 36.5 Å².